The molecule has 1 aliphatic heterocycles. The maximum atomic E-state index is 12.1. The van der Waals surface area contributed by atoms with Gasteiger partial charge in [0.1, 0.15) is 0 Å². The molecule has 3 rings (SSSR count). The molecule has 6 heteroatoms. The first-order chi connectivity index (χ1) is 9.83. The van der Waals surface area contributed by atoms with Gasteiger partial charge in [-0.2, -0.15) is 0 Å². The lowest BCUT2D eigenvalue weighted by molar-refractivity contribution is -0.116. The first-order valence-corrected chi connectivity index (χ1v) is 7.17. The Bertz CT molecular complexity index is 610. The zero-order chi connectivity index (χ0) is 13.8. The number of carbonyl (C=O) groups excluding carboxylic acids is 1. The quantitative estimate of drug-likeness (QED) is 0.895. The number of hydrogen-bond acceptors (Lipinski definition) is 3. The van der Waals surface area contributed by atoms with Crippen molar-refractivity contribution in [3.8, 4) is 0 Å². The van der Waals surface area contributed by atoms with Gasteiger partial charge < -0.3 is 10.6 Å². The van der Waals surface area contributed by atoms with Gasteiger partial charge in [-0.05, 0) is 56.1 Å². The number of anilines is 1. The molecule has 0 saturated carbocycles. The van der Waals surface area contributed by atoms with Gasteiger partial charge in [-0.25, -0.2) is 0 Å². The first kappa shape index (κ1) is 18.7. The minimum Gasteiger partial charge on any atom is -0.325 e. The summed E-state index contributed by atoms with van der Waals surface area (Å²) < 4.78 is 0. The SMILES string of the molecule is Cl.Cl.O=C(CCC1CCNC1)Nc1cccc2ncccc12. The number of benzene rings is 1. The van der Waals surface area contributed by atoms with Gasteiger partial charge in [0.25, 0.3) is 0 Å². The molecular weight excluding hydrogens is 321 g/mol. The fourth-order valence-electron chi connectivity index (χ4n) is 2.72. The van der Waals surface area contributed by atoms with Crippen molar-refractivity contribution >= 4 is 47.3 Å². The van der Waals surface area contributed by atoms with Crippen LogP contribution in [0.4, 0.5) is 5.69 Å². The number of nitrogens with one attached hydrogen (secondary N) is 2. The third-order valence-corrected chi connectivity index (χ3v) is 3.86. The Labute approximate surface area is 142 Å². The van der Waals surface area contributed by atoms with Crippen LogP contribution in [-0.2, 0) is 4.79 Å². The smallest absolute Gasteiger partial charge is 0.224 e. The minimum atomic E-state index is 0. The van der Waals surface area contributed by atoms with E-state index >= 15 is 0 Å². The second-order valence-electron chi connectivity index (χ2n) is 5.32. The normalized spacial score (nSPS) is 16.6. The molecule has 1 fully saturated rings. The molecule has 1 aromatic carbocycles. The van der Waals surface area contributed by atoms with Gasteiger partial charge in [-0.3, -0.25) is 9.78 Å². The van der Waals surface area contributed by atoms with E-state index in [1.165, 1.54) is 6.42 Å². The number of hydrogen-bond donors (Lipinski definition) is 2. The van der Waals surface area contributed by atoms with Crippen molar-refractivity contribution < 1.29 is 4.79 Å². The Hall–Kier alpha value is -1.36. The van der Waals surface area contributed by atoms with Crippen LogP contribution in [0.1, 0.15) is 19.3 Å². The molecule has 2 heterocycles. The highest BCUT2D eigenvalue weighted by Crippen LogP contribution is 2.22. The number of halogens is 2. The highest BCUT2D eigenvalue weighted by molar-refractivity contribution is 6.00. The van der Waals surface area contributed by atoms with E-state index in [1.807, 2.05) is 30.3 Å². The predicted molar refractivity (Wildman–Crippen MR) is 95.1 cm³/mol. The minimum absolute atomic E-state index is 0. The predicted octanol–water partition coefficient (Wildman–Crippen LogP) is 3.41. The van der Waals surface area contributed by atoms with Crippen molar-refractivity contribution in [3.05, 3.63) is 36.5 Å². The summed E-state index contributed by atoms with van der Waals surface area (Å²) in [5.74, 6) is 0.739. The summed E-state index contributed by atoms with van der Waals surface area (Å²) in [5.41, 5.74) is 1.76. The molecule has 4 nitrogen and oxygen atoms in total. The van der Waals surface area contributed by atoms with Gasteiger partial charge in [-0.15, -0.1) is 24.8 Å². The van der Waals surface area contributed by atoms with E-state index in [2.05, 4.69) is 15.6 Å². The second kappa shape index (κ2) is 8.93. The van der Waals surface area contributed by atoms with Crippen LogP contribution in [-0.4, -0.2) is 24.0 Å². The Morgan fingerprint density at radius 3 is 2.91 bits per heavy atom. The zero-order valence-corrected chi connectivity index (χ0v) is 13.9. The lowest BCUT2D eigenvalue weighted by Crippen LogP contribution is -2.15. The fourth-order valence-corrected chi connectivity index (χ4v) is 2.72. The van der Waals surface area contributed by atoms with E-state index in [4.69, 9.17) is 0 Å². The Morgan fingerprint density at radius 1 is 1.27 bits per heavy atom. The van der Waals surface area contributed by atoms with Crippen LogP contribution in [0.3, 0.4) is 0 Å². The molecule has 1 unspecified atom stereocenters. The average molecular weight is 342 g/mol. The van der Waals surface area contributed by atoms with Crippen LogP contribution in [0.25, 0.3) is 10.9 Å². The number of amides is 1. The molecule has 120 valence electrons. The summed E-state index contributed by atoms with van der Waals surface area (Å²) in [6.07, 6.45) is 4.50. The van der Waals surface area contributed by atoms with Crippen LogP contribution in [0.5, 0.6) is 0 Å². The van der Waals surface area contributed by atoms with Crippen LogP contribution < -0.4 is 10.6 Å². The third-order valence-electron chi connectivity index (χ3n) is 3.86. The maximum Gasteiger partial charge on any atom is 0.224 e. The maximum absolute atomic E-state index is 12.1. The number of pyridine rings is 1. The van der Waals surface area contributed by atoms with Gasteiger partial charge in [-0.1, -0.05) is 6.07 Å². The molecule has 0 radical (unpaired) electrons. The Balaban J connectivity index is 0.00000121. The molecule has 1 saturated heterocycles. The van der Waals surface area contributed by atoms with Crippen molar-refractivity contribution in [2.45, 2.75) is 19.3 Å². The van der Waals surface area contributed by atoms with Gasteiger partial charge in [0, 0.05) is 18.0 Å². The van der Waals surface area contributed by atoms with Gasteiger partial charge in [0.05, 0.1) is 11.2 Å². The number of nitrogens with zero attached hydrogens (tertiary/aromatic N) is 1. The van der Waals surface area contributed by atoms with Crippen molar-refractivity contribution in [2.75, 3.05) is 18.4 Å². The van der Waals surface area contributed by atoms with Crippen LogP contribution in [0, 0.1) is 5.92 Å². The molecule has 22 heavy (non-hydrogen) atoms. The summed E-state index contributed by atoms with van der Waals surface area (Å²) >= 11 is 0. The highest BCUT2D eigenvalue weighted by Gasteiger charge is 2.16. The van der Waals surface area contributed by atoms with Gasteiger partial charge in [0.2, 0.25) is 5.91 Å². The highest BCUT2D eigenvalue weighted by atomic mass is 35.5. The number of carbonyl (C=O) groups is 1. The van der Waals surface area contributed by atoms with Crippen molar-refractivity contribution in [1.82, 2.24) is 10.3 Å². The van der Waals surface area contributed by atoms with E-state index in [0.29, 0.717) is 12.3 Å². The van der Waals surface area contributed by atoms with E-state index in [0.717, 1.165) is 36.1 Å². The zero-order valence-electron chi connectivity index (χ0n) is 12.2. The third kappa shape index (κ3) is 4.57. The fraction of sp³-hybridized carbons (Fsp3) is 0.375. The lowest BCUT2D eigenvalue weighted by atomic mass is 10.0. The van der Waals surface area contributed by atoms with E-state index in [1.54, 1.807) is 6.20 Å². The van der Waals surface area contributed by atoms with Crippen molar-refractivity contribution in [2.24, 2.45) is 5.92 Å². The topological polar surface area (TPSA) is 54.0 Å². The Kier molecular flexibility index (Phi) is 7.59. The summed E-state index contributed by atoms with van der Waals surface area (Å²) in [5, 5.41) is 7.33. The summed E-state index contributed by atoms with van der Waals surface area (Å²) in [7, 11) is 0. The molecule has 1 amide bonds. The molecule has 1 aliphatic rings. The van der Waals surface area contributed by atoms with E-state index in [-0.39, 0.29) is 30.7 Å². The van der Waals surface area contributed by atoms with Crippen LogP contribution >= 0.6 is 24.8 Å². The Morgan fingerprint density at radius 2 is 2.14 bits per heavy atom. The molecule has 1 atom stereocenters. The molecule has 0 spiro atoms. The van der Waals surface area contributed by atoms with E-state index in [9.17, 15) is 4.79 Å². The van der Waals surface area contributed by atoms with E-state index < -0.39 is 0 Å². The molecule has 0 bridgehead atoms. The number of rotatable bonds is 4. The van der Waals surface area contributed by atoms with Crippen molar-refractivity contribution in [3.63, 3.8) is 0 Å². The van der Waals surface area contributed by atoms with Gasteiger partial charge >= 0.3 is 0 Å². The number of aromatic nitrogens is 1. The van der Waals surface area contributed by atoms with Crippen LogP contribution in [0.15, 0.2) is 36.5 Å². The lowest BCUT2D eigenvalue weighted by Gasteiger charge is -2.10. The number of fused-ring (bicyclic) bond motifs is 1. The molecule has 1 aromatic heterocycles. The monoisotopic (exact) mass is 341 g/mol. The van der Waals surface area contributed by atoms with Crippen LogP contribution in [0.2, 0.25) is 0 Å². The summed E-state index contributed by atoms with van der Waals surface area (Å²) in [4.78, 5) is 16.4. The molecule has 2 N–H and O–H groups in total. The molecule has 2 aromatic rings. The molecule has 0 aliphatic carbocycles. The molecular formula is C16H21Cl2N3O. The second-order valence-corrected chi connectivity index (χ2v) is 5.32. The average Bonchev–Trinajstić information content (AvgIpc) is 2.99. The standard InChI is InChI=1S/C16H19N3O.2ClH/c20-16(7-6-12-8-10-17-11-12)19-15-5-1-4-14-13(15)3-2-9-18-14;;/h1-5,9,12,17H,6-8,10-11H2,(H,19,20);2*1H. The van der Waals surface area contributed by atoms with Crippen molar-refractivity contribution in [1.29, 1.82) is 0 Å². The first-order valence-electron chi connectivity index (χ1n) is 7.17. The largest absolute Gasteiger partial charge is 0.325 e. The van der Waals surface area contributed by atoms with Gasteiger partial charge in [0.15, 0.2) is 0 Å². The summed E-state index contributed by atoms with van der Waals surface area (Å²) in [6, 6.07) is 9.68. The summed E-state index contributed by atoms with van der Waals surface area (Å²) in [6.45, 7) is 2.13.